The molecule has 0 fully saturated rings. The largest absolute Gasteiger partial charge is 0.294 e. The van der Waals surface area contributed by atoms with Crippen LogP contribution in [0.1, 0.15) is 16.2 Å². The molecule has 1 aromatic heterocycles. The van der Waals surface area contributed by atoms with Gasteiger partial charge in [0.15, 0.2) is 5.78 Å². The first-order valence-electron chi connectivity index (χ1n) is 4.89. The average molecular weight is 270 g/mol. The van der Waals surface area contributed by atoms with Crippen LogP contribution < -0.4 is 0 Å². The smallest absolute Gasteiger partial charge is 0.170 e. The van der Waals surface area contributed by atoms with Crippen LogP contribution in [0.15, 0.2) is 24.5 Å². The van der Waals surface area contributed by atoms with Crippen LogP contribution in [0.5, 0.6) is 0 Å². The lowest BCUT2D eigenvalue weighted by atomic mass is 10.1. The van der Waals surface area contributed by atoms with Gasteiger partial charge in [-0.3, -0.25) is 9.48 Å². The molecule has 1 aromatic carbocycles. The van der Waals surface area contributed by atoms with Gasteiger partial charge in [0.2, 0.25) is 0 Å². The number of halogens is 2. The van der Waals surface area contributed by atoms with Crippen LogP contribution in [-0.4, -0.2) is 20.5 Å². The summed E-state index contributed by atoms with van der Waals surface area (Å²) in [6.07, 6.45) is 1.60. The van der Waals surface area contributed by atoms with E-state index in [9.17, 15) is 4.79 Å². The Balaban J connectivity index is 2.20. The molecule has 6 heteroatoms. The number of rotatable bonds is 3. The van der Waals surface area contributed by atoms with Crippen molar-refractivity contribution in [2.45, 2.75) is 6.42 Å². The van der Waals surface area contributed by atoms with Crippen LogP contribution in [-0.2, 0) is 13.5 Å². The van der Waals surface area contributed by atoms with E-state index in [1.807, 2.05) is 0 Å². The highest BCUT2D eigenvalue weighted by Gasteiger charge is 2.12. The van der Waals surface area contributed by atoms with E-state index in [-0.39, 0.29) is 12.2 Å². The second-order valence-electron chi connectivity index (χ2n) is 3.53. The molecule has 0 bridgehead atoms. The number of hydrogen-bond donors (Lipinski definition) is 0. The highest BCUT2D eigenvalue weighted by atomic mass is 35.5. The van der Waals surface area contributed by atoms with Gasteiger partial charge >= 0.3 is 0 Å². The van der Waals surface area contributed by atoms with Crippen molar-refractivity contribution in [3.63, 3.8) is 0 Å². The van der Waals surface area contributed by atoms with E-state index in [1.54, 1.807) is 29.9 Å². The second kappa shape index (κ2) is 4.85. The molecule has 0 saturated heterocycles. The van der Waals surface area contributed by atoms with Gasteiger partial charge in [0.05, 0.1) is 16.5 Å². The van der Waals surface area contributed by atoms with Crippen LogP contribution in [0.2, 0.25) is 10.0 Å². The Labute approximate surface area is 108 Å². The number of nitrogens with zero attached hydrogens (tertiary/aromatic N) is 3. The Morgan fingerprint density at radius 3 is 2.71 bits per heavy atom. The maximum absolute atomic E-state index is 11.9. The summed E-state index contributed by atoms with van der Waals surface area (Å²) in [6.45, 7) is 0. The molecule has 1 heterocycles. The molecule has 17 heavy (non-hydrogen) atoms. The first-order valence-corrected chi connectivity index (χ1v) is 5.64. The van der Waals surface area contributed by atoms with Crippen molar-refractivity contribution in [1.29, 1.82) is 0 Å². The topological polar surface area (TPSA) is 47.8 Å². The summed E-state index contributed by atoms with van der Waals surface area (Å²) in [5.41, 5.74) is 0.516. The van der Waals surface area contributed by atoms with Crippen LogP contribution in [0, 0.1) is 0 Å². The third-order valence-electron chi connectivity index (χ3n) is 2.37. The molecule has 0 N–H and O–H groups in total. The molecule has 0 aliphatic rings. The van der Waals surface area contributed by atoms with Gasteiger partial charge < -0.3 is 0 Å². The van der Waals surface area contributed by atoms with Crippen LogP contribution in [0.3, 0.4) is 0 Å². The third-order valence-corrected chi connectivity index (χ3v) is 3.10. The number of Topliss-reactive ketones (excluding diaryl/α,β-unsaturated/α-hetero) is 1. The Hall–Kier alpha value is -1.39. The molecule has 0 unspecified atom stereocenters. The Bertz CT molecular complexity index is 566. The van der Waals surface area contributed by atoms with E-state index in [2.05, 4.69) is 10.1 Å². The van der Waals surface area contributed by atoms with Crippen molar-refractivity contribution in [3.8, 4) is 0 Å². The first-order chi connectivity index (χ1) is 8.08. The molecule has 0 radical (unpaired) electrons. The van der Waals surface area contributed by atoms with E-state index in [1.165, 1.54) is 6.33 Å². The summed E-state index contributed by atoms with van der Waals surface area (Å²) in [5.74, 6) is 0.542. The number of benzene rings is 1. The summed E-state index contributed by atoms with van der Waals surface area (Å²) >= 11 is 11.6. The molecule has 2 rings (SSSR count). The van der Waals surface area contributed by atoms with E-state index < -0.39 is 0 Å². The fourth-order valence-electron chi connectivity index (χ4n) is 1.40. The van der Waals surface area contributed by atoms with E-state index in [0.717, 1.165) is 0 Å². The molecular weight excluding hydrogens is 261 g/mol. The van der Waals surface area contributed by atoms with Gasteiger partial charge in [0, 0.05) is 12.6 Å². The predicted molar refractivity (Wildman–Crippen MR) is 65.5 cm³/mol. The molecule has 88 valence electrons. The molecule has 0 atom stereocenters. The van der Waals surface area contributed by atoms with Gasteiger partial charge in [-0.15, -0.1) is 0 Å². The average Bonchev–Trinajstić information content (AvgIpc) is 2.68. The Morgan fingerprint density at radius 2 is 2.12 bits per heavy atom. The van der Waals surface area contributed by atoms with E-state index >= 15 is 0 Å². The SMILES string of the molecule is Cn1ncnc1CC(=O)c1ccc(Cl)c(Cl)c1. The maximum Gasteiger partial charge on any atom is 0.170 e. The zero-order chi connectivity index (χ0) is 12.4. The van der Waals surface area contributed by atoms with E-state index in [0.29, 0.717) is 21.4 Å². The van der Waals surface area contributed by atoms with Gasteiger partial charge in [-0.05, 0) is 18.2 Å². The van der Waals surface area contributed by atoms with Gasteiger partial charge in [0.1, 0.15) is 12.2 Å². The summed E-state index contributed by atoms with van der Waals surface area (Å²) < 4.78 is 1.56. The van der Waals surface area contributed by atoms with E-state index in [4.69, 9.17) is 23.2 Å². The predicted octanol–water partition coefficient (Wildman–Crippen LogP) is 2.55. The zero-order valence-electron chi connectivity index (χ0n) is 9.02. The van der Waals surface area contributed by atoms with Crippen molar-refractivity contribution in [2.75, 3.05) is 0 Å². The zero-order valence-corrected chi connectivity index (χ0v) is 10.5. The lowest BCUT2D eigenvalue weighted by Crippen LogP contribution is -2.09. The van der Waals surface area contributed by atoms with Gasteiger partial charge in [-0.25, -0.2) is 4.98 Å². The normalized spacial score (nSPS) is 10.5. The minimum Gasteiger partial charge on any atom is -0.294 e. The molecule has 0 saturated carbocycles. The number of carbonyl (C=O) groups is 1. The standard InChI is InChI=1S/C11H9Cl2N3O/c1-16-11(14-6-15-16)5-10(17)7-2-3-8(12)9(13)4-7/h2-4,6H,5H2,1H3. The van der Waals surface area contributed by atoms with Gasteiger partial charge in [-0.2, -0.15) is 5.10 Å². The molecule has 0 amide bonds. The summed E-state index contributed by atoms with van der Waals surface area (Å²) in [5, 5.41) is 4.70. The number of carbonyl (C=O) groups excluding carboxylic acids is 1. The van der Waals surface area contributed by atoms with Crippen LogP contribution >= 0.6 is 23.2 Å². The summed E-state index contributed by atoms with van der Waals surface area (Å²) in [6, 6.07) is 4.81. The lowest BCUT2D eigenvalue weighted by Gasteiger charge is -2.02. The van der Waals surface area contributed by atoms with Crippen molar-refractivity contribution in [2.24, 2.45) is 7.05 Å². The highest BCUT2D eigenvalue weighted by molar-refractivity contribution is 6.42. The van der Waals surface area contributed by atoms with Crippen molar-refractivity contribution >= 4 is 29.0 Å². The first kappa shape index (κ1) is 12.1. The Morgan fingerprint density at radius 1 is 1.35 bits per heavy atom. The monoisotopic (exact) mass is 269 g/mol. The number of aryl methyl sites for hydroxylation is 1. The van der Waals surface area contributed by atoms with Gasteiger partial charge in [-0.1, -0.05) is 23.2 Å². The van der Waals surface area contributed by atoms with Crippen molar-refractivity contribution < 1.29 is 4.79 Å². The van der Waals surface area contributed by atoms with Gasteiger partial charge in [0.25, 0.3) is 0 Å². The quantitative estimate of drug-likeness (QED) is 0.805. The number of hydrogen-bond acceptors (Lipinski definition) is 3. The minimum atomic E-state index is -0.0698. The maximum atomic E-state index is 11.9. The second-order valence-corrected chi connectivity index (χ2v) is 4.34. The molecule has 0 aliphatic carbocycles. The Kier molecular flexibility index (Phi) is 3.45. The molecule has 2 aromatic rings. The van der Waals surface area contributed by atoms with Crippen molar-refractivity contribution in [1.82, 2.24) is 14.8 Å². The molecular formula is C11H9Cl2N3O. The molecule has 0 aliphatic heterocycles. The fraction of sp³-hybridized carbons (Fsp3) is 0.182. The summed E-state index contributed by atoms with van der Waals surface area (Å²) in [7, 11) is 1.74. The number of ketones is 1. The van der Waals surface area contributed by atoms with Crippen molar-refractivity contribution in [3.05, 3.63) is 46.0 Å². The highest BCUT2D eigenvalue weighted by Crippen LogP contribution is 2.23. The van der Waals surface area contributed by atoms with Crippen LogP contribution in [0.4, 0.5) is 0 Å². The third kappa shape index (κ3) is 2.65. The number of aromatic nitrogens is 3. The molecule has 0 spiro atoms. The minimum absolute atomic E-state index is 0.0698. The lowest BCUT2D eigenvalue weighted by molar-refractivity contribution is 0.0989. The fourth-order valence-corrected chi connectivity index (χ4v) is 1.69. The van der Waals surface area contributed by atoms with Crippen LogP contribution in [0.25, 0.3) is 0 Å². The molecule has 4 nitrogen and oxygen atoms in total. The summed E-state index contributed by atoms with van der Waals surface area (Å²) in [4.78, 5) is 15.9.